The summed E-state index contributed by atoms with van der Waals surface area (Å²) in [5.74, 6) is -0.0174. The second kappa shape index (κ2) is 6.78. The summed E-state index contributed by atoms with van der Waals surface area (Å²) in [6.45, 7) is 8.60. The van der Waals surface area contributed by atoms with Crippen molar-refractivity contribution < 1.29 is 4.79 Å². The second-order valence-electron chi connectivity index (χ2n) is 6.67. The van der Waals surface area contributed by atoms with Crippen LogP contribution in [0.4, 0.5) is 0 Å². The molecule has 0 unspecified atom stereocenters. The van der Waals surface area contributed by atoms with E-state index in [9.17, 15) is 4.79 Å². The Hall–Kier alpha value is -2.09. The molecule has 2 aromatic carbocycles. The summed E-state index contributed by atoms with van der Waals surface area (Å²) in [4.78, 5) is 12.4. The van der Waals surface area contributed by atoms with Crippen LogP contribution in [0.15, 0.2) is 54.6 Å². The van der Waals surface area contributed by atoms with Gasteiger partial charge in [0, 0.05) is 5.56 Å². The van der Waals surface area contributed by atoms with Gasteiger partial charge in [-0.3, -0.25) is 4.79 Å². The molecule has 0 fully saturated rings. The highest BCUT2D eigenvalue weighted by Gasteiger charge is 2.16. The highest BCUT2D eigenvalue weighted by molar-refractivity contribution is 5.94. The number of carbonyl (C=O) groups excluding carboxylic acids is 1. The fourth-order valence-electron chi connectivity index (χ4n) is 2.47. The summed E-state index contributed by atoms with van der Waals surface area (Å²) in [5, 5.41) is 3.12. The van der Waals surface area contributed by atoms with Crippen molar-refractivity contribution in [3.05, 3.63) is 71.3 Å². The number of benzene rings is 2. The van der Waals surface area contributed by atoms with Gasteiger partial charge in [0.15, 0.2) is 0 Å². The molecule has 116 valence electrons. The van der Waals surface area contributed by atoms with Gasteiger partial charge < -0.3 is 5.32 Å². The van der Waals surface area contributed by atoms with E-state index in [0.29, 0.717) is 5.56 Å². The minimum atomic E-state index is -0.0174. The SMILES string of the molecule is CC[C@@H](NC(=O)c1ccc(C(C)(C)C)cc1)c1ccccc1. The molecule has 0 radical (unpaired) electrons. The summed E-state index contributed by atoms with van der Waals surface area (Å²) in [5.41, 5.74) is 3.19. The van der Waals surface area contributed by atoms with Crippen molar-refractivity contribution in [1.82, 2.24) is 5.32 Å². The van der Waals surface area contributed by atoms with E-state index in [1.807, 2.05) is 42.5 Å². The first kappa shape index (κ1) is 16.3. The number of hydrogen-bond donors (Lipinski definition) is 1. The maximum atomic E-state index is 12.4. The van der Waals surface area contributed by atoms with Crippen LogP contribution in [0.2, 0.25) is 0 Å². The molecular weight excluding hydrogens is 270 g/mol. The molecule has 0 aliphatic carbocycles. The topological polar surface area (TPSA) is 29.1 Å². The van der Waals surface area contributed by atoms with Crippen LogP contribution in [0.25, 0.3) is 0 Å². The highest BCUT2D eigenvalue weighted by Crippen LogP contribution is 2.22. The Morgan fingerprint density at radius 1 is 1.00 bits per heavy atom. The minimum Gasteiger partial charge on any atom is -0.345 e. The molecule has 1 N–H and O–H groups in total. The molecule has 0 spiro atoms. The molecule has 2 aromatic rings. The molecule has 2 heteroatoms. The minimum absolute atomic E-state index is 0.0174. The third-order valence-corrected chi connectivity index (χ3v) is 3.93. The van der Waals surface area contributed by atoms with Crippen molar-refractivity contribution in [3.8, 4) is 0 Å². The number of amides is 1. The fourth-order valence-corrected chi connectivity index (χ4v) is 2.47. The lowest BCUT2D eigenvalue weighted by atomic mass is 9.86. The zero-order chi connectivity index (χ0) is 16.2. The van der Waals surface area contributed by atoms with Gasteiger partial charge >= 0.3 is 0 Å². The number of hydrogen-bond acceptors (Lipinski definition) is 1. The molecule has 0 bridgehead atoms. The quantitative estimate of drug-likeness (QED) is 0.857. The van der Waals surface area contributed by atoms with Gasteiger partial charge in [-0.1, -0.05) is 70.2 Å². The molecule has 0 aromatic heterocycles. The average Bonchev–Trinajstić information content (AvgIpc) is 2.52. The lowest BCUT2D eigenvalue weighted by molar-refractivity contribution is 0.0935. The van der Waals surface area contributed by atoms with Gasteiger partial charge in [-0.25, -0.2) is 0 Å². The largest absolute Gasteiger partial charge is 0.345 e. The van der Waals surface area contributed by atoms with Gasteiger partial charge in [0.1, 0.15) is 0 Å². The van der Waals surface area contributed by atoms with Gasteiger partial charge in [-0.05, 0) is 35.1 Å². The van der Waals surface area contributed by atoms with Crippen LogP contribution in [0, 0.1) is 0 Å². The first-order chi connectivity index (χ1) is 10.4. The summed E-state index contributed by atoms with van der Waals surface area (Å²) in [7, 11) is 0. The smallest absolute Gasteiger partial charge is 0.251 e. The molecule has 0 saturated carbocycles. The third kappa shape index (κ3) is 3.97. The fraction of sp³-hybridized carbons (Fsp3) is 0.350. The van der Waals surface area contributed by atoms with Crippen LogP contribution in [0.5, 0.6) is 0 Å². The van der Waals surface area contributed by atoms with Crippen molar-refractivity contribution in [2.75, 3.05) is 0 Å². The molecule has 0 aliphatic rings. The van der Waals surface area contributed by atoms with E-state index in [0.717, 1.165) is 12.0 Å². The van der Waals surface area contributed by atoms with E-state index in [2.05, 4.69) is 45.1 Å². The molecule has 22 heavy (non-hydrogen) atoms. The van der Waals surface area contributed by atoms with E-state index in [-0.39, 0.29) is 17.4 Å². The molecule has 0 saturated heterocycles. The second-order valence-corrected chi connectivity index (χ2v) is 6.67. The first-order valence-electron chi connectivity index (χ1n) is 7.88. The van der Waals surface area contributed by atoms with Gasteiger partial charge in [0.2, 0.25) is 0 Å². The van der Waals surface area contributed by atoms with Crippen molar-refractivity contribution in [1.29, 1.82) is 0 Å². The van der Waals surface area contributed by atoms with E-state index >= 15 is 0 Å². The maximum Gasteiger partial charge on any atom is 0.251 e. The Kier molecular flexibility index (Phi) is 5.02. The van der Waals surface area contributed by atoms with Gasteiger partial charge in [0.05, 0.1) is 6.04 Å². The summed E-state index contributed by atoms with van der Waals surface area (Å²) < 4.78 is 0. The molecule has 2 rings (SSSR count). The van der Waals surface area contributed by atoms with Gasteiger partial charge in [-0.15, -0.1) is 0 Å². The van der Waals surface area contributed by atoms with Crippen LogP contribution in [0.3, 0.4) is 0 Å². The van der Waals surface area contributed by atoms with E-state index < -0.39 is 0 Å². The summed E-state index contributed by atoms with van der Waals surface area (Å²) in [6, 6.07) is 18.1. The van der Waals surface area contributed by atoms with Gasteiger partial charge in [0.25, 0.3) is 5.91 Å². The normalized spacial score (nSPS) is 12.7. The number of carbonyl (C=O) groups is 1. The lowest BCUT2D eigenvalue weighted by Crippen LogP contribution is -2.28. The van der Waals surface area contributed by atoms with Crippen LogP contribution >= 0.6 is 0 Å². The summed E-state index contributed by atoms with van der Waals surface area (Å²) >= 11 is 0. The summed E-state index contributed by atoms with van der Waals surface area (Å²) in [6.07, 6.45) is 0.871. The molecule has 1 atom stereocenters. The Labute approximate surface area is 133 Å². The van der Waals surface area contributed by atoms with Crippen LogP contribution < -0.4 is 5.32 Å². The predicted molar refractivity (Wildman–Crippen MR) is 92.1 cm³/mol. The Morgan fingerprint density at radius 3 is 2.09 bits per heavy atom. The molecule has 0 aliphatic heterocycles. The standard InChI is InChI=1S/C20H25NO/c1-5-18(15-9-7-6-8-10-15)21-19(22)16-11-13-17(14-12-16)20(2,3)4/h6-14,18H,5H2,1-4H3,(H,21,22)/t18-/m1/s1. The average molecular weight is 295 g/mol. The van der Waals surface area contributed by atoms with Crippen molar-refractivity contribution in [2.24, 2.45) is 0 Å². The van der Waals surface area contributed by atoms with Crippen LogP contribution in [-0.4, -0.2) is 5.91 Å². The van der Waals surface area contributed by atoms with E-state index in [1.54, 1.807) is 0 Å². The monoisotopic (exact) mass is 295 g/mol. The highest BCUT2D eigenvalue weighted by atomic mass is 16.1. The van der Waals surface area contributed by atoms with Crippen molar-refractivity contribution in [3.63, 3.8) is 0 Å². The molecule has 1 amide bonds. The first-order valence-corrected chi connectivity index (χ1v) is 7.88. The van der Waals surface area contributed by atoms with E-state index in [1.165, 1.54) is 5.56 Å². The zero-order valence-electron chi connectivity index (χ0n) is 13.9. The van der Waals surface area contributed by atoms with Crippen molar-refractivity contribution >= 4 is 5.91 Å². The molecular formula is C20H25NO. The Bertz CT molecular complexity index is 608. The number of rotatable bonds is 4. The zero-order valence-corrected chi connectivity index (χ0v) is 13.9. The maximum absolute atomic E-state index is 12.4. The number of nitrogens with one attached hydrogen (secondary N) is 1. The third-order valence-electron chi connectivity index (χ3n) is 3.93. The molecule has 2 nitrogen and oxygen atoms in total. The van der Waals surface area contributed by atoms with Crippen LogP contribution in [0.1, 0.15) is 61.6 Å². The Morgan fingerprint density at radius 2 is 1.59 bits per heavy atom. The predicted octanol–water partition coefficient (Wildman–Crippen LogP) is 4.87. The van der Waals surface area contributed by atoms with Crippen LogP contribution in [-0.2, 0) is 5.41 Å². The van der Waals surface area contributed by atoms with Gasteiger partial charge in [-0.2, -0.15) is 0 Å². The molecule has 0 heterocycles. The Balaban J connectivity index is 2.11. The van der Waals surface area contributed by atoms with Crippen molar-refractivity contribution in [2.45, 2.75) is 45.6 Å². The van der Waals surface area contributed by atoms with E-state index in [4.69, 9.17) is 0 Å². The lowest BCUT2D eigenvalue weighted by Gasteiger charge is -2.20.